The van der Waals surface area contributed by atoms with Gasteiger partial charge in [-0.1, -0.05) is 0 Å². The lowest BCUT2D eigenvalue weighted by atomic mass is 9.97. The molecule has 1 rings (SSSR count). The second-order valence-electron chi connectivity index (χ2n) is 3.69. The Balaban J connectivity index is 2.66. The fraction of sp³-hybridized carbons (Fsp3) is 0.444. The lowest BCUT2D eigenvalue weighted by molar-refractivity contribution is -0.143. The number of carbonyl (C=O) groups is 1. The molecule has 13 heavy (non-hydrogen) atoms. The largest absolute Gasteiger partial charge is 0.407 e. The molecule has 0 radical (unpaired) electrons. The van der Waals surface area contributed by atoms with Crippen LogP contribution in [0.4, 0.5) is 0 Å². The van der Waals surface area contributed by atoms with Gasteiger partial charge in [0.25, 0.3) is 0 Å². The van der Waals surface area contributed by atoms with E-state index in [9.17, 15) is 4.79 Å². The third-order valence-corrected chi connectivity index (χ3v) is 1.36. The number of aromatic nitrogens is 2. The molecule has 0 N–H and O–H groups in total. The Hall–Kier alpha value is -1.45. The van der Waals surface area contributed by atoms with Gasteiger partial charge in [-0.2, -0.15) is 0 Å². The number of hydrogen-bond donors (Lipinski definition) is 0. The molecular formula is C9H12N2O2. The lowest BCUT2D eigenvalue weighted by Crippen LogP contribution is -2.25. The van der Waals surface area contributed by atoms with Crippen molar-refractivity contribution in [2.24, 2.45) is 5.41 Å². The van der Waals surface area contributed by atoms with Crippen molar-refractivity contribution in [1.29, 1.82) is 0 Å². The molecule has 1 aromatic rings. The number of rotatable bonds is 1. The highest BCUT2D eigenvalue weighted by Gasteiger charge is 2.23. The van der Waals surface area contributed by atoms with E-state index in [2.05, 4.69) is 9.97 Å². The van der Waals surface area contributed by atoms with E-state index in [-0.39, 0.29) is 11.8 Å². The average molecular weight is 180 g/mol. The third-order valence-electron chi connectivity index (χ3n) is 1.36. The van der Waals surface area contributed by atoms with Crippen molar-refractivity contribution in [2.45, 2.75) is 20.8 Å². The van der Waals surface area contributed by atoms with Crippen molar-refractivity contribution >= 4 is 5.97 Å². The van der Waals surface area contributed by atoms with Crippen LogP contribution in [0.2, 0.25) is 0 Å². The number of ether oxygens (including phenoxy) is 1. The maximum absolute atomic E-state index is 11.4. The van der Waals surface area contributed by atoms with Crippen molar-refractivity contribution < 1.29 is 9.53 Å². The van der Waals surface area contributed by atoms with Crippen LogP contribution in [0, 0.1) is 5.41 Å². The average Bonchev–Trinajstić information content (AvgIpc) is 2.04. The summed E-state index contributed by atoms with van der Waals surface area (Å²) in [5.41, 5.74) is -0.509. The van der Waals surface area contributed by atoms with Crippen molar-refractivity contribution in [3.63, 3.8) is 0 Å². The van der Waals surface area contributed by atoms with Gasteiger partial charge in [-0.15, -0.1) is 0 Å². The van der Waals surface area contributed by atoms with Crippen molar-refractivity contribution in [3.05, 3.63) is 18.6 Å². The molecule has 0 atom stereocenters. The van der Waals surface area contributed by atoms with Crippen LogP contribution in [-0.2, 0) is 4.79 Å². The molecule has 0 bridgehead atoms. The van der Waals surface area contributed by atoms with Gasteiger partial charge in [0.05, 0.1) is 5.41 Å². The molecular weight excluding hydrogens is 168 g/mol. The van der Waals surface area contributed by atoms with Gasteiger partial charge in [-0.3, -0.25) is 4.79 Å². The van der Waals surface area contributed by atoms with Gasteiger partial charge in [0.15, 0.2) is 0 Å². The minimum Gasteiger partial charge on any atom is -0.407 e. The molecule has 0 spiro atoms. The first-order valence-corrected chi connectivity index (χ1v) is 3.98. The first kappa shape index (κ1) is 9.64. The van der Waals surface area contributed by atoms with Crippen molar-refractivity contribution in [1.82, 2.24) is 9.97 Å². The Labute approximate surface area is 77.0 Å². The highest BCUT2D eigenvalue weighted by Crippen LogP contribution is 2.16. The topological polar surface area (TPSA) is 52.1 Å². The quantitative estimate of drug-likeness (QED) is 0.613. The number of esters is 1. The van der Waals surface area contributed by atoms with E-state index in [1.165, 1.54) is 12.5 Å². The Morgan fingerprint density at radius 3 is 2.62 bits per heavy atom. The summed E-state index contributed by atoms with van der Waals surface area (Å²) in [6, 6.07) is 1.55. The van der Waals surface area contributed by atoms with Gasteiger partial charge in [0.1, 0.15) is 6.33 Å². The number of hydrogen-bond acceptors (Lipinski definition) is 4. The van der Waals surface area contributed by atoms with Gasteiger partial charge >= 0.3 is 5.97 Å². The van der Waals surface area contributed by atoms with Gasteiger partial charge in [-0.25, -0.2) is 9.97 Å². The van der Waals surface area contributed by atoms with Crippen LogP contribution in [0.5, 0.6) is 5.88 Å². The zero-order chi connectivity index (χ0) is 9.90. The van der Waals surface area contributed by atoms with Gasteiger partial charge < -0.3 is 4.74 Å². The monoisotopic (exact) mass is 180 g/mol. The summed E-state index contributed by atoms with van der Waals surface area (Å²) in [7, 11) is 0. The number of nitrogens with zero attached hydrogens (tertiary/aromatic N) is 2. The summed E-state index contributed by atoms with van der Waals surface area (Å²) in [5, 5.41) is 0. The maximum Gasteiger partial charge on any atom is 0.317 e. The molecule has 0 fully saturated rings. The van der Waals surface area contributed by atoms with Crippen LogP contribution >= 0.6 is 0 Å². The van der Waals surface area contributed by atoms with E-state index < -0.39 is 5.41 Å². The van der Waals surface area contributed by atoms with E-state index >= 15 is 0 Å². The predicted molar refractivity (Wildman–Crippen MR) is 47.1 cm³/mol. The van der Waals surface area contributed by atoms with Crippen LogP contribution in [0.25, 0.3) is 0 Å². The van der Waals surface area contributed by atoms with E-state index in [4.69, 9.17) is 4.74 Å². The molecule has 0 saturated heterocycles. The van der Waals surface area contributed by atoms with Gasteiger partial charge in [-0.05, 0) is 20.8 Å². The fourth-order valence-electron chi connectivity index (χ4n) is 0.587. The van der Waals surface area contributed by atoms with E-state index in [1.807, 2.05) is 0 Å². The van der Waals surface area contributed by atoms with E-state index in [1.54, 1.807) is 26.8 Å². The highest BCUT2D eigenvalue weighted by molar-refractivity contribution is 5.77. The zero-order valence-corrected chi connectivity index (χ0v) is 7.94. The first-order chi connectivity index (χ1) is 6.00. The van der Waals surface area contributed by atoms with Crippen molar-refractivity contribution in [2.75, 3.05) is 0 Å². The molecule has 4 heteroatoms. The molecule has 0 aromatic carbocycles. The van der Waals surface area contributed by atoms with E-state index in [0.717, 1.165) is 0 Å². The minimum atomic E-state index is -0.509. The van der Waals surface area contributed by atoms with Crippen LogP contribution in [0.1, 0.15) is 20.8 Å². The standard InChI is InChI=1S/C9H12N2O2/c1-9(2,3)8(12)13-7-4-5-10-6-11-7/h4-6H,1-3H3. The molecule has 70 valence electrons. The Morgan fingerprint density at radius 2 is 2.15 bits per heavy atom. The molecule has 0 aliphatic heterocycles. The second kappa shape index (κ2) is 3.51. The smallest absolute Gasteiger partial charge is 0.317 e. The molecule has 0 amide bonds. The molecule has 0 aliphatic rings. The molecule has 0 aliphatic carbocycles. The summed E-state index contributed by atoms with van der Waals surface area (Å²) in [4.78, 5) is 18.8. The summed E-state index contributed by atoms with van der Waals surface area (Å²) in [6.45, 7) is 5.36. The fourth-order valence-corrected chi connectivity index (χ4v) is 0.587. The first-order valence-electron chi connectivity index (χ1n) is 3.98. The van der Waals surface area contributed by atoms with Crippen molar-refractivity contribution in [3.8, 4) is 5.88 Å². The predicted octanol–water partition coefficient (Wildman–Crippen LogP) is 1.43. The van der Waals surface area contributed by atoms with Crippen LogP contribution in [-0.4, -0.2) is 15.9 Å². The summed E-state index contributed by atoms with van der Waals surface area (Å²) >= 11 is 0. The molecule has 1 aromatic heterocycles. The Kier molecular flexibility index (Phi) is 2.60. The molecule has 1 heterocycles. The lowest BCUT2D eigenvalue weighted by Gasteiger charge is -2.15. The summed E-state index contributed by atoms with van der Waals surface area (Å²) in [6.07, 6.45) is 2.86. The van der Waals surface area contributed by atoms with E-state index in [0.29, 0.717) is 0 Å². The molecule has 4 nitrogen and oxygen atoms in total. The minimum absolute atomic E-state index is 0.287. The number of carbonyl (C=O) groups excluding carboxylic acids is 1. The normalized spacial score (nSPS) is 11.0. The summed E-state index contributed by atoms with van der Waals surface area (Å²) in [5.74, 6) is -0.0128. The Morgan fingerprint density at radius 1 is 1.46 bits per heavy atom. The second-order valence-corrected chi connectivity index (χ2v) is 3.69. The van der Waals surface area contributed by atoms with Gasteiger partial charge in [0.2, 0.25) is 5.88 Å². The Bertz CT molecular complexity index is 290. The van der Waals surface area contributed by atoms with Crippen LogP contribution < -0.4 is 4.74 Å². The van der Waals surface area contributed by atoms with Gasteiger partial charge in [0, 0.05) is 12.3 Å². The maximum atomic E-state index is 11.4. The molecule has 0 unspecified atom stereocenters. The SMILES string of the molecule is CC(C)(C)C(=O)Oc1ccncn1. The zero-order valence-electron chi connectivity index (χ0n) is 7.94. The molecule has 0 saturated carbocycles. The van der Waals surface area contributed by atoms with Crippen LogP contribution in [0.3, 0.4) is 0 Å². The summed E-state index contributed by atoms with van der Waals surface area (Å²) < 4.78 is 4.99. The highest BCUT2D eigenvalue weighted by atomic mass is 16.5. The van der Waals surface area contributed by atoms with Crippen LogP contribution in [0.15, 0.2) is 18.6 Å². The third kappa shape index (κ3) is 2.82.